The fourth-order valence-corrected chi connectivity index (χ4v) is 2.63. The molecule has 1 aliphatic rings. The predicted molar refractivity (Wildman–Crippen MR) is 69.1 cm³/mol. The zero-order chi connectivity index (χ0) is 13.4. The van der Waals surface area contributed by atoms with Crippen LogP contribution in [-0.2, 0) is 9.59 Å². The van der Waals surface area contributed by atoms with Gasteiger partial charge in [-0.3, -0.25) is 9.59 Å². The molecule has 0 bridgehead atoms. The Balaban J connectivity index is 2.26. The van der Waals surface area contributed by atoms with E-state index in [9.17, 15) is 9.59 Å². The molecule has 0 heterocycles. The summed E-state index contributed by atoms with van der Waals surface area (Å²) in [4.78, 5) is 22.1. The lowest BCUT2D eigenvalue weighted by Gasteiger charge is -2.35. The third kappa shape index (κ3) is 5.04. The zero-order valence-electron chi connectivity index (χ0n) is 10.9. The Labute approximate surface area is 108 Å². The van der Waals surface area contributed by atoms with E-state index >= 15 is 0 Å². The van der Waals surface area contributed by atoms with Crippen LogP contribution in [0.3, 0.4) is 0 Å². The number of nitrogens with one attached hydrogen (secondary N) is 1. The van der Waals surface area contributed by atoms with E-state index in [0.29, 0.717) is 25.9 Å². The third-order valence-corrected chi connectivity index (χ3v) is 3.77. The Bertz CT molecular complexity index is 286. The molecule has 5 nitrogen and oxygen atoms in total. The van der Waals surface area contributed by atoms with E-state index in [1.165, 1.54) is 6.42 Å². The van der Waals surface area contributed by atoms with Crippen molar-refractivity contribution < 1.29 is 14.7 Å². The molecule has 1 saturated carbocycles. The number of aliphatic carboxylic acids is 1. The fraction of sp³-hybridized carbons (Fsp3) is 0.846. The molecule has 1 amide bonds. The monoisotopic (exact) mass is 256 g/mol. The lowest BCUT2D eigenvalue weighted by Crippen LogP contribution is -2.38. The molecule has 0 aliphatic heterocycles. The second-order valence-corrected chi connectivity index (χ2v) is 5.29. The van der Waals surface area contributed by atoms with Gasteiger partial charge >= 0.3 is 5.97 Å². The van der Waals surface area contributed by atoms with Crippen LogP contribution in [-0.4, -0.2) is 30.1 Å². The van der Waals surface area contributed by atoms with Crippen LogP contribution in [0.1, 0.15) is 51.4 Å². The standard InChI is InChI=1S/C13H24N2O3/c14-10-13(6-2-1-3-7-13)9-11(16)15-8-4-5-12(17)18/h1-10,14H2,(H,15,16)(H,17,18). The molecule has 104 valence electrons. The normalized spacial score (nSPS) is 18.3. The summed E-state index contributed by atoms with van der Waals surface area (Å²) in [5, 5.41) is 11.3. The molecule has 1 fully saturated rings. The van der Waals surface area contributed by atoms with Crippen molar-refractivity contribution in [3.05, 3.63) is 0 Å². The van der Waals surface area contributed by atoms with Crippen molar-refractivity contribution in [2.24, 2.45) is 11.1 Å². The minimum Gasteiger partial charge on any atom is -0.481 e. The highest BCUT2D eigenvalue weighted by atomic mass is 16.4. The first-order chi connectivity index (χ1) is 8.58. The third-order valence-electron chi connectivity index (χ3n) is 3.77. The van der Waals surface area contributed by atoms with E-state index in [-0.39, 0.29) is 17.7 Å². The van der Waals surface area contributed by atoms with E-state index < -0.39 is 5.97 Å². The number of carboxylic acid groups (broad SMARTS) is 1. The number of rotatable bonds is 7. The van der Waals surface area contributed by atoms with Gasteiger partial charge in [-0.1, -0.05) is 19.3 Å². The molecule has 0 atom stereocenters. The highest BCUT2D eigenvalue weighted by Crippen LogP contribution is 2.38. The molecule has 0 unspecified atom stereocenters. The highest BCUT2D eigenvalue weighted by molar-refractivity contribution is 5.76. The number of hydrogen-bond acceptors (Lipinski definition) is 3. The number of hydrogen-bond donors (Lipinski definition) is 3. The van der Waals surface area contributed by atoms with Gasteiger partial charge in [0.05, 0.1) is 0 Å². The Morgan fingerprint density at radius 2 is 1.89 bits per heavy atom. The molecule has 0 spiro atoms. The first-order valence-electron chi connectivity index (χ1n) is 6.76. The lowest BCUT2D eigenvalue weighted by atomic mass is 9.71. The second-order valence-electron chi connectivity index (χ2n) is 5.29. The number of amides is 1. The van der Waals surface area contributed by atoms with Crippen LogP contribution in [0.5, 0.6) is 0 Å². The molecule has 0 aromatic heterocycles. The molecular weight excluding hydrogens is 232 g/mol. The van der Waals surface area contributed by atoms with Gasteiger partial charge in [0.1, 0.15) is 0 Å². The Morgan fingerprint density at radius 3 is 2.44 bits per heavy atom. The average molecular weight is 256 g/mol. The molecule has 5 heteroatoms. The maximum Gasteiger partial charge on any atom is 0.303 e. The van der Waals surface area contributed by atoms with Gasteiger partial charge in [-0.25, -0.2) is 0 Å². The van der Waals surface area contributed by atoms with Gasteiger partial charge in [-0.05, 0) is 31.2 Å². The number of carbonyl (C=O) groups is 2. The van der Waals surface area contributed by atoms with Gasteiger partial charge in [0, 0.05) is 19.4 Å². The zero-order valence-corrected chi connectivity index (χ0v) is 10.9. The maximum absolute atomic E-state index is 11.8. The number of carbonyl (C=O) groups excluding carboxylic acids is 1. The summed E-state index contributed by atoms with van der Waals surface area (Å²) in [6.07, 6.45) is 6.68. The van der Waals surface area contributed by atoms with Gasteiger partial charge < -0.3 is 16.2 Å². The molecule has 0 saturated heterocycles. The van der Waals surface area contributed by atoms with Crippen molar-refractivity contribution >= 4 is 11.9 Å². The smallest absolute Gasteiger partial charge is 0.303 e. The quantitative estimate of drug-likeness (QED) is 0.598. The topological polar surface area (TPSA) is 92.4 Å². The van der Waals surface area contributed by atoms with Crippen LogP contribution in [0.4, 0.5) is 0 Å². The van der Waals surface area contributed by atoms with Gasteiger partial charge in [-0.2, -0.15) is 0 Å². The summed E-state index contributed by atoms with van der Waals surface area (Å²) in [7, 11) is 0. The van der Waals surface area contributed by atoms with Gasteiger partial charge in [0.25, 0.3) is 0 Å². The van der Waals surface area contributed by atoms with Crippen LogP contribution < -0.4 is 11.1 Å². The first kappa shape index (κ1) is 15.0. The Morgan fingerprint density at radius 1 is 1.22 bits per heavy atom. The van der Waals surface area contributed by atoms with E-state index in [4.69, 9.17) is 10.8 Å². The van der Waals surface area contributed by atoms with Crippen LogP contribution in [0.2, 0.25) is 0 Å². The SMILES string of the molecule is NCC1(CC(=O)NCCCC(=O)O)CCCCC1. The Hall–Kier alpha value is -1.10. The van der Waals surface area contributed by atoms with E-state index in [1.54, 1.807) is 0 Å². The van der Waals surface area contributed by atoms with Crippen molar-refractivity contribution in [3.8, 4) is 0 Å². The van der Waals surface area contributed by atoms with Crippen molar-refractivity contribution in [1.29, 1.82) is 0 Å². The molecule has 0 aromatic carbocycles. The molecule has 4 N–H and O–H groups in total. The van der Waals surface area contributed by atoms with Gasteiger partial charge in [0.15, 0.2) is 0 Å². The molecule has 0 radical (unpaired) electrons. The van der Waals surface area contributed by atoms with Crippen LogP contribution in [0, 0.1) is 5.41 Å². The van der Waals surface area contributed by atoms with Gasteiger partial charge in [-0.15, -0.1) is 0 Å². The molecular formula is C13H24N2O3. The number of nitrogens with two attached hydrogens (primary N) is 1. The van der Waals surface area contributed by atoms with Crippen LogP contribution in [0.15, 0.2) is 0 Å². The summed E-state index contributed by atoms with van der Waals surface area (Å²) >= 11 is 0. The molecule has 18 heavy (non-hydrogen) atoms. The second kappa shape index (κ2) is 7.36. The van der Waals surface area contributed by atoms with Crippen LogP contribution >= 0.6 is 0 Å². The fourth-order valence-electron chi connectivity index (χ4n) is 2.63. The summed E-state index contributed by atoms with van der Waals surface area (Å²) in [6.45, 7) is 1.00. The minimum atomic E-state index is -0.824. The molecule has 1 aliphatic carbocycles. The summed E-state index contributed by atoms with van der Waals surface area (Å²) in [5.74, 6) is -0.817. The average Bonchev–Trinajstić information content (AvgIpc) is 2.35. The lowest BCUT2D eigenvalue weighted by molar-refractivity contribution is -0.137. The highest BCUT2D eigenvalue weighted by Gasteiger charge is 2.32. The van der Waals surface area contributed by atoms with E-state index in [1.807, 2.05) is 0 Å². The van der Waals surface area contributed by atoms with Crippen molar-refractivity contribution in [1.82, 2.24) is 5.32 Å². The maximum atomic E-state index is 11.8. The van der Waals surface area contributed by atoms with E-state index in [0.717, 1.165) is 25.7 Å². The molecule has 1 rings (SSSR count). The van der Waals surface area contributed by atoms with Crippen molar-refractivity contribution in [3.63, 3.8) is 0 Å². The summed E-state index contributed by atoms with van der Waals surface area (Å²) in [5.41, 5.74) is 5.80. The Kier molecular flexibility index (Phi) is 6.12. The molecule has 0 aromatic rings. The first-order valence-corrected chi connectivity index (χ1v) is 6.76. The van der Waals surface area contributed by atoms with Gasteiger partial charge in [0.2, 0.25) is 5.91 Å². The minimum absolute atomic E-state index is 0.00717. The largest absolute Gasteiger partial charge is 0.481 e. The van der Waals surface area contributed by atoms with Crippen molar-refractivity contribution in [2.45, 2.75) is 51.4 Å². The van der Waals surface area contributed by atoms with E-state index in [2.05, 4.69) is 5.32 Å². The van der Waals surface area contributed by atoms with Crippen LogP contribution in [0.25, 0.3) is 0 Å². The summed E-state index contributed by atoms with van der Waals surface area (Å²) in [6, 6.07) is 0. The number of carboxylic acids is 1. The predicted octanol–water partition coefficient (Wildman–Crippen LogP) is 1.27. The van der Waals surface area contributed by atoms with Crippen molar-refractivity contribution in [2.75, 3.05) is 13.1 Å². The summed E-state index contributed by atoms with van der Waals surface area (Å²) < 4.78 is 0.